The first-order valence-electron chi connectivity index (χ1n) is 11.5. The molecule has 2 amide bonds. The second-order valence-corrected chi connectivity index (χ2v) is 9.91. The number of rotatable bonds is 10. The van der Waals surface area contributed by atoms with Gasteiger partial charge in [-0.25, -0.2) is 4.39 Å². The summed E-state index contributed by atoms with van der Waals surface area (Å²) in [5.41, 5.74) is 4.35. The monoisotopic (exact) mass is 528 g/mol. The van der Waals surface area contributed by atoms with Gasteiger partial charge in [0.05, 0.1) is 16.0 Å². The highest BCUT2D eigenvalue weighted by Crippen LogP contribution is 2.66. The maximum absolute atomic E-state index is 14.4. The van der Waals surface area contributed by atoms with Gasteiger partial charge >= 0.3 is 6.18 Å². The Hall–Kier alpha value is -2.72. The van der Waals surface area contributed by atoms with Gasteiger partial charge in [-0.1, -0.05) is 23.7 Å². The molecular weight excluding hydrogens is 500 g/mol. The molecule has 0 aliphatic heterocycles. The number of pyridine rings is 1. The molecule has 1 aromatic carbocycles. The van der Waals surface area contributed by atoms with Gasteiger partial charge in [0, 0.05) is 36.8 Å². The van der Waals surface area contributed by atoms with E-state index in [0.29, 0.717) is 16.8 Å². The number of nitrogens with zero attached hydrogens (tertiary/aromatic N) is 2. The standard InChI is InChI=1S/C25H29ClF4N4O2/c1-14-4-5-16(12-32-14)19(24(8-9-24)25(28,29)30)11-20(35)33-13-17(34(2)3)10-15-6-7-18(23(31)36)22(27)21(15)26/h4-7,12,17,19H,8-11,13H2,1-3H3,(H2,31,36)(H,33,35)/t17-,19?/m0/s1. The van der Waals surface area contributed by atoms with Crippen LogP contribution in [0.2, 0.25) is 5.02 Å². The Morgan fingerprint density at radius 3 is 2.39 bits per heavy atom. The fourth-order valence-electron chi connectivity index (χ4n) is 4.40. The van der Waals surface area contributed by atoms with Gasteiger partial charge in [-0.3, -0.25) is 14.6 Å². The number of nitrogens with one attached hydrogen (secondary N) is 1. The molecule has 2 aromatic rings. The summed E-state index contributed by atoms with van der Waals surface area (Å²) in [7, 11) is 3.50. The fourth-order valence-corrected chi connectivity index (χ4v) is 4.64. The molecule has 3 rings (SSSR count). The molecular formula is C25H29ClF4N4O2. The van der Waals surface area contributed by atoms with Gasteiger partial charge in [-0.2, -0.15) is 13.2 Å². The third-order valence-corrected chi connectivity index (χ3v) is 7.30. The highest BCUT2D eigenvalue weighted by atomic mass is 35.5. The number of aryl methyl sites for hydroxylation is 1. The van der Waals surface area contributed by atoms with Crippen LogP contribution in [0.4, 0.5) is 17.6 Å². The first-order valence-corrected chi connectivity index (χ1v) is 11.8. The van der Waals surface area contributed by atoms with E-state index in [9.17, 15) is 27.2 Å². The average Bonchev–Trinajstić information content (AvgIpc) is 3.60. The van der Waals surface area contributed by atoms with Gasteiger partial charge in [0.1, 0.15) is 0 Å². The molecule has 2 atom stereocenters. The third-order valence-electron chi connectivity index (χ3n) is 6.89. The van der Waals surface area contributed by atoms with E-state index in [2.05, 4.69) is 10.3 Å². The van der Waals surface area contributed by atoms with E-state index in [4.69, 9.17) is 17.3 Å². The Morgan fingerprint density at radius 1 is 1.22 bits per heavy atom. The zero-order valence-electron chi connectivity index (χ0n) is 20.3. The van der Waals surface area contributed by atoms with Crippen LogP contribution in [0.15, 0.2) is 30.5 Å². The normalized spacial score (nSPS) is 16.5. The van der Waals surface area contributed by atoms with Gasteiger partial charge < -0.3 is 16.0 Å². The van der Waals surface area contributed by atoms with Crippen molar-refractivity contribution in [1.29, 1.82) is 0 Å². The van der Waals surface area contributed by atoms with Gasteiger partial charge in [-0.05, 0) is 63.5 Å². The van der Waals surface area contributed by atoms with E-state index < -0.39 is 35.1 Å². The van der Waals surface area contributed by atoms with Crippen molar-refractivity contribution < 1.29 is 27.2 Å². The average molecular weight is 529 g/mol. The van der Waals surface area contributed by atoms with E-state index in [1.165, 1.54) is 18.3 Å². The van der Waals surface area contributed by atoms with Crippen molar-refractivity contribution in [3.63, 3.8) is 0 Å². The number of hydrogen-bond acceptors (Lipinski definition) is 4. The Kier molecular flexibility index (Phi) is 8.30. The molecule has 1 aromatic heterocycles. The summed E-state index contributed by atoms with van der Waals surface area (Å²) in [5.74, 6) is -3.43. The van der Waals surface area contributed by atoms with E-state index in [1.54, 1.807) is 38.1 Å². The lowest BCUT2D eigenvalue weighted by Crippen LogP contribution is -2.43. The van der Waals surface area contributed by atoms with Gasteiger partial charge in [0.15, 0.2) is 5.82 Å². The van der Waals surface area contributed by atoms with Crippen LogP contribution in [0, 0.1) is 18.2 Å². The van der Waals surface area contributed by atoms with E-state index in [1.807, 2.05) is 0 Å². The molecule has 0 saturated heterocycles. The maximum atomic E-state index is 14.4. The number of nitrogens with two attached hydrogens (primary N) is 1. The first-order chi connectivity index (χ1) is 16.8. The van der Waals surface area contributed by atoms with Gasteiger partial charge in [-0.15, -0.1) is 0 Å². The zero-order valence-corrected chi connectivity index (χ0v) is 21.0. The van der Waals surface area contributed by atoms with Crippen LogP contribution in [0.3, 0.4) is 0 Å². The molecule has 1 heterocycles. The second kappa shape index (κ2) is 10.7. The van der Waals surface area contributed by atoms with E-state index in [0.717, 1.165) is 0 Å². The van der Waals surface area contributed by atoms with Gasteiger partial charge in [0.2, 0.25) is 5.91 Å². The lowest BCUT2D eigenvalue weighted by Gasteiger charge is -2.30. The number of halogens is 5. The van der Waals surface area contributed by atoms with Crippen molar-refractivity contribution in [2.24, 2.45) is 11.1 Å². The molecule has 3 N–H and O–H groups in total. The lowest BCUT2D eigenvalue weighted by atomic mass is 9.80. The number of primary amides is 1. The highest BCUT2D eigenvalue weighted by Gasteiger charge is 2.67. The largest absolute Gasteiger partial charge is 0.395 e. The van der Waals surface area contributed by atoms with Crippen LogP contribution in [0.1, 0.15) is 52.4 Å². The topological polar surface area (TPSA) is 88.3 Å². The number of amides is 2. The summed E-state index contributed by atoms with van der Waals surface area (Å²) in [6, 6.07) is 5.63. The predicted octanol–water partition coefficient (Wildman–Crippen LogP) is 4.39. The van der Waals surface area contributed by atoms with Crippen molar-refractivity contribution in [2.75, 3.05) is 20.6 Å². The quantitative estimate of drug-likeness (QED) is 0.448. The summed E-state index contributed by atoms with van der Waals surface area (Å²) in [4.78, 5) is 30.1. The molecule has 0 radical (unpaired) electrons. The molecule has 1 fully saturated rings. The molecule has 196 valence electrons. The number of carbonyl (C=O) groups is 2. The lowest BCUT2D eigenvalue weighted by molar-refractivity contribution is -0.194. The van der Waals surface area contributed by atoms with Crippen LogP contribution in [0.5, 0.6) is 0 Å². The highest BCUT2D eigenvalue weighted by molar-refractivity contribution is 6.32. The Morgan fingerprint density at radius 2 is 1.89 bits per heavy atom. The number of carbonyl (C=O) groups excluding carboxylic acids is 2. The minimum absolute atomic E-state index is 0.0337. The molecule has 0 spiro atoms. The molecule has 6 nitrogen and oxygen atoms in total. The molecule has 0 bridgehead atoms. The summed E-state index contributed by atoms with van der Waals surface area (Å²) in [6.07, 6.45) is -3.21. The number of likely N-dealkylation sites (N-methyl/N-ethyl adjacent to an activating group) is 1. The van der Waals surface area contributed by atoms with Crippen LogP contribution in [0.25, 0.3) is 0 Å². The zero-order chi connectivity index (χ0) is 26.8. The van der Waals surface area contributed by atoms with Gasteiger partial charge in [0.25, 0.3) is 5.91 Å². The van der Waals surface area contributed by atoms with Crippen molar-refractivity contribution >= 4 is 23.4 Å². The maximum Gasteiger partial charge on any atom is 0.395 e. The van der Waals surface area contributed by atoms with Crippen LogP contribution < -0.4 is 11.1 Å². The minimum atomic E-state index is -4.44. The Labute approximate surface area is 212 Å². The molecule has 36 heavy (non-hydrogen) atoms. The second-order valence-electron chi connectivity index (χ2n) is 9.53. The van der Waals surface area contributed by atoms with E-state index in [-0.39, 0.29) is 48.9 Å². The predicted molar refractivity (Wildman–Crippen MR) is 128 cm³/mol. The molecule has 11 heteroatoms. The smallest absolute Gasteiger partial charge is 0.366 e. The fraction of sp³-hybridized carbons (Fsp3) is 0.480. The summed E-state index contributed by atoms with van der Waals surface area (Å²) < 4.78 is 56.2. The SMILES string of the molecule is Cc1ccc(C(CC(=O)NC[C@H](Cc2ccc(C(N)=O)c(F)c2Cl)N(C)C)C2(C(F)(F)F)CC2)cn1. The Balaban J connectivity index is 1.73. The molecule has 1 aliphatic carbocycles. The molecule has 1 aliphatic rings. The summed E-state index contributed by atoms with van der Waals surface area (Å²) >= 11 is 6.10. The third kappa shape index (κ3) is 5.98. The molecule has 1 unspecified atom stereocenters. The molecule has 1 saturated carbocycles. The number of hydrogen-bond donors (Lipinski definition) is 2. The van der Waals surface area contributed by atoms with Crippen molar-refractivity contribution in [1.82, 2.24) is 15.2 Å². The number of aromatic nitrogens is 1. The first kappa shape index (κ1) is 27.9. The number of benzene rings is 1. The minimum Gasteiger partial charge on any atom is -0.366 e. The van der Waals surface area contributed by atoms with Crippen molar-refractivity contribution in [3.8, 4) is 0 Å². The van der Waals surface area contributed by atoms with Crippen molar-refractivity contribution in [3.05, 3.63) is 63.7 Å². The summed E-state index contributed by atoms with van der Waals surface area (Å²) in [5, 5.41) is 2.49. The van der Waals surface area contributed by atoms with Crippen LogP contribution in [-0.4, -0.2) is 54.6 Å². The Bertz CT molecular complexity index is 1120. The van der Waals surface area contributed by atoms with Crippen molar-refractivity contribution in [2.45, 2.75) is 50.7 Å². The summed E-state index contributed by atoms with van der Waals surface area (Å²) in [6.45, 7) is 1.84. The van der Waals surface area contributed by atoms with E-state index >= 15 is 0 Å². The van der Waals surface area contributed by atoms with Crippen LogP contribution >= 0.6 is 11.6 Å². The van der Waals surface area contributed by atoms with Crippen LogP contribution in [-0.2, 0) is 11.2 Å². The number of alkyl halides is 3.